The topological polar surface area (TPSA) is 93.0 Å². The Morgan fingerprint density at radius 3 is 2.38 bits per heavy atom. The number of thiocarbonyl (C=S) groups is 1. The van der Waals surface area contributed by atoms with Crippen LogP contribution >= 0.6 is 12.2 Å². The van der Waals surface area contributed by atoms with Crippen LogP contribution in [0.2, 0.25) is 0 Å². The van der Waals surface area contributed by atoms with Crippen LogP contribution in [0.3, 0.4) is 0 Å². The molecule has 4 aromatic rings. The summed E-state index contributed by atoms with van der Waals surface area (Å²) in [7, 11) is 1.58. The molecule has 4 rings (SSSR count). The molecule has 7 heteroatoms. The number of hydrogen-bond acceptors (Lipinski definition) is 6. The van der Waals surface area contributed by atoms with Gasteiger partial charge in [-0.1, -0.05) is 72.9 Å². The van der Waals surface area contributed by atoms with Crippen LogP contribution in [-0.2, 0) is 6.42 Å². The lowest BCUT2D eigenvalue weighted by Gasteiger charge is -2.10. The van der Waals surface area contributed by atoms with Gasteiger partial charge in [0.1, 0.15) is 23.1 Å². The zero-order valence-electron chi connectivity index (χ0n) is 17.5. The van der Waals surface area contributed by atoms with E-state index in [1.165, 1.54) is 0 Å². The summed E-state index contributed by atoms with van der Waals surface area (Å²) in [6.45, 7) is 0. The molecular formula is C25H22N4O2S. The summed E-state index contributed by atoms with van der Waals surface area (Å²) in [6.07, 6.45) is 2.12. The first-order chi connectivity index (χ1) is 15.6. The third kappa shape index (κ3) is 4.53. The van der Waals surface area contributed by atoms with Crippen molar-refractivity contribution in [2.24, 2.45) is 0 Å². The van der Waals surface area contributed by atoms with Crippen molar-refractivity contribution >= 4 is 40.2 Å². The minimum absolute atomic E-state index is 0.206. The van der Waals surface area contributed by atoms with E-state index in [1.807, 2.05) is 48.5 Å². The van der Waals surface area contributed by atoms with E-state index in [0.717, 1.165) is 5.56 Å². The van der Waals surface area contributed by atoms with Crippen molar-refractivity contribution in [2.75, 3.05) is 18.2 Å². The molecule has 0 aliphatic carbocycles. The average Bonchev–Trinajstić information content (AvgIpc) is 3.16. The van der Waals surface area contributed by atoms with Gasteiger partial charge < -0.3 is 20.8 Å². The number of carbonyl (C=O) groups excluding carboxylic acids is 1. The molecule has 0 atom stereocenters. The van der Waals surface area contributed by atoms with Crippen molar-refractivity contribution in [3.05, 3.63) is 101 Å². The number of methoxy groups -OCH3 is 1. The Morgan fingerprint density at radius 2 is 1.75 bits per heavy atom. The number of hydrogen-bond donors (Lipinski definition) is 3. The standard InChI is InChI=1S/C25H22N4O2S/c1-31-18-12-13-20(27-15-18)28-25-21(19(32)14-16-8-4-2-5-9-16)22(26)23(29-25)24(30)17-10-6-3-7-11-17/h2-13,15,29H,14,26H2,1H3,(H,27,28). The van der Waals surface area contributed by atoms with Crippen LogP contribution in [0.25, 0.3) is 0 Å². The normalized spacial score (nSPS) is 10.5. The molecule has 0 spiro atoms. The number of carbonyl (C=O) groups is 1. The molecule has 160 valence electrons. The quantitative estimate of drug-likeness (QED) is 0.264. The van der Waals surface area contributed by atoms with E-state index in [9.17, 15) is 4.79 Å². The Hall–Kier alpha value is -3.97. The fourth-order valence-electron chi connectivity index (χ4n) is 3.38. The Kier molecular flexibility index (Phi) is 6.28. The molecule has 0 amide bonds. The lowest BCUT2D eigenvalue weighted by Crippen LogP contribution is -2.08. The maximum Gasteiger partial charge on any atom is 0.211 e. The minimum atomic E-state index is -0.206. The van der Waals surface area contributed by atoms with E-state index in [1.54, 1.807) is 37.6 Å². The van der Waals surface area contributed by atoms with Crippen LogP contribution in [0.5, 0.6) is 5.75 Å². The summed E-state index contributed by atoms with van der Waals surface area (Å²) >= 11 is 5.76. The molecular weight excluding hydrogens is 420 g/mol. The number of nitrogens with two attached hydrogens (primary N) is 1. The zero-order valence-corrected chi connectivity index (χ0v) is 18.3. The molecule has 0 fully saturated rings. The predicted octanol–water partition coefficient (Wildman–Crippen LogP) is 4.94. The summed E-state index contributed by atoms with van der Waals surface area (Å²) in [5.41, 5.74) is 9.27. The number of aromatic nitrogens is 2. The summed E-state index contributed by atoms with van der Waals surface area (Å²) in [4.78, 5) is 21.2. The maximum absolute atomic E-state index is 13.1. The summed E-state index contributed by atoms with van der Waals surface area (Å²) in [6, 6.07) is 22.4. The number of ketones is 1. The van der Waals surface area contributed by atoms with Crippen molar-refractivity contribution < 1.29 is 9.53 Å². The van der Waals surface area contributed by atoms with Gasteiger partial charge in [0, 0.05) is 16.8 Å². The first-order valence-electron chi connectivity index (χ1n) is 10.0. The van der Waals surface area contributed by atoms with Gasteiger partial charge in [-0.2, -0.15) is 0 Å². The van der Waals surface area contributed by atoms with Gasteiger partial charge in [0.15, 0.2) is 0 Å². The van der Waals surface area contributed by atoms with E-state index >= 15 is 0 Å². The smallest absolute Gasteiger partial charge is 0.211 e. The second kappa shape index (κ2) is 9.45. The molecule has 0 unspecified atom stereocenters. The SMILES string of the molecule is COc1ccc(Nc2[nH]c(C(=O)c3ccccc3)c(N)c2C(=S)Cc2ccccc2)nc1. The fourth-order valence-corrected chi connectivity index (χ4v) is 3.76. The number of nitrogens with one attached hydrogen (secondary N) is 2. The molecule has 4 N–H and O–H groups in total. The van der Waals surface area contributed by atoms with Gasteiger partial charge in [-0.15, -0.1) is 0 Å². The number of nitrogen functional groups attached to an aromatic ring is 1. The highest BCUT2D eigenvalue weighted by molar-refractivity contribution is 7.80. The van der Waals surface area contributed by atoms with Gasteiger partial charge >= 0.3 is 0 Å². The molecule has 2 heterocycles. The highest BCUT2D eigenvalue weighted by Crippen LogP contribution is 2.31. The molecule has 0 saturated carbocycles. The van der Waals surface area contributed by atoms with Crippen molar-refractivity contribution in [3.63, 3.8) is 0 Å². The summed E-state index contributed by atoms with van der Waals surface area (Å²) in [5, 5.41) is 3.22. The van der Waals surface area contributed by atoms with E-state index in [2.05, 4.69) is 15.3 Å². The van der Waals surface area contributed by atoms with Crippen LogP contribution in [0.4, 0.5) is 17.3 Å². The summed E-state index contributed by atoms with van der Waals surface area (Å²) < 4.78 is 5.17. The summed E-state index contributed by atoms with van der Waals surface area (Å²) in [5.74, 6) is 1.53. The first-order valence-corrected chi connectivity index (χ1v) is 10.4. The number of anilines is 3. The van der Waals surface area contributed by atoms with Gasteiger partial charge in [0.25, 0.3) is 0 Å². The van der Waals surface area contributed by atoms with Crippen LogP contribution in [0, 0.1) is 0 Å². The molecule has 0 aliphatic rings. The van der Waals surface area contributed by atoms with Gasteiger partial charge in [-0.25, -0.2) is 4.98 Å². The molecule has 0 aliphatic heterocycles. The van der Waals surface area contributed by atoms with Crippen LogP contribution in [0.1, 0.15) is 27.2 Å². The van der Waals surface area contributed by atoms with E-state index in [0.29, 0.717) is 45.5 Å². The molecule has 0 radical (unpaired) electrons. The number of ether oxygens (including phenoxy) is 1. The Labute approximate surface area is 191 Å². The van der Waals surface area contributed by atoms with Gasteiger partial charge in [-0.3, -0.25) is 4.79 Å². The Balaban J connectivity index is 1.73. The molecule has 0 bridgehead atoms. The van der Waals surface area contributed by atoms with Crippen molar-refractivity contribution in [2.45, 2.75) is 6.42 Å². The van der Waals surface area contributed by atoms with Crippen LogP contribution in [-0.4, -0.2) is 27.7 Å². The van der Waals surface area contributed by atoms with Crippen molar-refractivity contribution in [1.29, 1.82) is 0 Å². The largest absolute Gasteiger partial charge is 0.495 e. The monoisotopic (exact) mass is 442 g/mol. The van der Waals surface area contributed by atoms with Crippen molar-refractivity contribution in [1.82, 2.24) is 9.97 Å². The van der Waals surface area contributed by atoms with Crippen LogP contribution < -0.4 is 15.8 Å². The van der Waals surface area contributed by atoms with Crippen LogP contribution in [0.15, 0.2) is 79.0 Å². The van der Waals surface area contributed by atoms with Gasteiger partial charge in [0.05, 0.1) is 24.6 Å². The second-order valence-corrected chi connectivity index (χ2v) is 7.65. The average molecular weight is 443 g/mol. The highest BCUT2D eigenvalue weighted by atomic mass is 32.1. The molecule has 2 aromatic heterocycles. The molecule has 2 aromatic carbocycles. The number of pyridine rings is 1. The number of benzene rings is 2. The second-order valence-electron chi connectivity index (χ2n) is 7.15. The number of nitrogens with zero attached hydrogens (tertiary/aromatic N) is 1. The predicted molar refractivity (Wildman–Crippen MR) is 131 cm³/mol. The Bertz CT molecular complexity index is 1240. The van der Waals surface area contributed by atoms with E-state index in [4.69, 9.17) is 22.7 Å². The van der Waals surface area contributed by atoms with Gasteiger partial charge in [0.2, 0.25) is 5.78 Å². The zero-order chi connectivity index (χ0) is 22.5. The number of aromatic amines is 1. The third-order valence-corrected chi connectivity index (χ3v) is 5.36. The van der Waals surface area contributed by atoms with E-state index in [-0.39, 0.29) is 11.5 Å². The fraction of sp³-hybridized carbons (Fsp3) is 0.0800. The number of H-pyrrole nitrogens is 1. The Morgan fingerprint density at radius 1 is 1.06 bits per heavy atom. The number of rotatable bonds is 8. The van der Waals surface area contributed by atoms with E-state index < -0.39 is 0 Å². The van der Waals surface area contributed by atoms with Crippen molar-refractivity contribution in [3.8, 4) is 5.75 Å². The molecule has 6 nitrogen and oxygen atoms in total. The minimum Gasteiger partial charge on any atom is -0.495 e. The molecule has 32 heavy (non-hydrogen) atoms. The third-order valence-electron chi connectivity index (χ3n) is 5.01. The highest BCUT2D eigenvalue weighted by Gasteiger charge is 2.24. The maximum atomic E-state index is 13.1. The molecule has 0 saturated heterocycles. The lowest BCUT2D eigenvalue weighted by molar-refractivity contribution is 0.103. The van der Waals surface area contributed by atoms with Gasteiger partial charge in [-0.05, 0) is 17.7 Å². The lowest BCUT2D eigenvalue weighted by atomic mass is 10.0. The first kappa shape index (κ1) is 21.3.